The minimum Gasteiger partial charge on any atom is -0.446 e. The molecule has 0 aromatic carbocycles. The van der Waals surface area contributed by atoms with E-state index < -0.39 is 16.3 Å². The van der Waals surface area contributed by atoms with E-state index >= 15 is 0 Å². The molecule has 1 aliphatic carbocycles. The van der Waals surface area contributed by atoms with Crippen molar-refractivity contribution in [2.24, 2.45) is 0 Å². The Labute approximate surface area is 120 Å². The van der Waals surface area contributed by atoms with E-state index in [9.17, 15) is 13.2 Å². The van der Waals surface area contributed by atoms with Crippen LogP contribution in [0.4, 0.5) is 4.79 Å². The van der Waals surface area contributed by atoms with E-state index in [0.29, 0.717) is 6.54 Å². The average Bonchev–Trinajstić information content (AvgIpc) is 3.00. The molecular weight excluding hydrogens is 282 g/mol. The van der Waals surface area contributed by atoms with Gasteiger partial charge in [-0.15, -0.1) is 0 Å². The molecule has 0 radical (unpaired) electrons. The van der Waals surface area contributed by atoms with Gasteiger partial charge >= 0.3 is 16.3 Å². The highest BCUT2D eigenvalue weighted by Crippen LogP contribution is 2.29. The molecule has 2 rings (SSSR count). The van der Waals surface area contributed by atoms with Gasteiger partial charge < -0.3 is 10.1 Å². The highest BCUT2D eigenvalue weighted by molar-refractivity contribution is 7.87. The Balaban J connectivity index is 1.97. The quantitative estimate of drug-likeness (QED) is 0.749. The maximum absolute atomic E-state index is 12.3. The molecule has 1 unspecified atom stereocenters. The molecule has 1 aliphatic heterocycles. The van der Waals surface area contributed by atoms with Crippen LogP contribution >= 0.6 is 0 Å². The zero-order valence-corrected chi connectivity index (χ0v) is 12.8. The molecule has 0 aromatic heterocycles. The van der Waals surface area contributed by atoms with Crippen LogP contribution in [0.2, 0.25) is 0 Å². The van der Waals surface area contributed by atoms with Crippen LogP contribution in [0.25, 0.3) is 0 Å². The van der Waals surface area contributed by atoms with Crippen LogP contribution in [-0.2, 0) is 14.9 Å². The third kappa shape index (κ3) is 4.32. The summed E-state index contributed by atoms with van der Waals surface area (Å²) in [4.78, 5) is 11.5. The SMILES string of the molecule is CC(C)OC(=O)NS(=O)(=O)N(CC1CCCN1)C1CC1. The first kappa shape index (κ1) is 15.5. The van der Waals surface area contributed by atoms with Crippen molar-refractivity contribution in [1.29, 1.82) is 0 Å². The molecule has 1 heterocycles. The molecule has 1 atom stereocenters. The lowest BCUT2D eigenvalue weighted by Gasteiger charge is -2.25. The summed E-state index contributed by atoms with van der Waals surface area (Å²) in [5.74, 6) is 0. The average molecular weight is 305 g/mol. The molecule has 8 heteroatoms. The predicted molar refractivity (Wildman–Crippen MR) is 74.4 cm³/mol. The molecule has 1 amide bonds. The van der Waals surface area contributed by atoms with Crippen LogP contribution in [0.5, 0.6) is 0 Å². The van der Waals surface area contributed by atoms with E-state index in [4.69, 9.17) is 4.74 Å². The summed E-state index contributed by atoms with van der Waals surface area (Å²) < 4.78 is 32.8. The molecule has 0 spiro atoms. The third-order valence-electron chi connectivity index (χ3n) is 3.38. The second-order valence-electron chi connectivity index (χ2n) is 5.66. The zero-order chi connectivity index (χ0) is 14.8. The number of nitrogens with zero attached hydrogens (tertiary/aromatic N) is 1. The highest BCUT2D eigenvalue weighted by Gasteiger charge is 2.39. The number of carbonyl (C=O) groups excluding carboxylic acids is 1. The van der Waals surface area contributed by atoms with E-state index in [0.717, 1.165) is 32.2 Å². The molecule has 1 saturated heterocycles. The first-order valence-electron chi connectivity index (χ1n) is 7.12. The second-order valence-corrected chi connectivity index (χ2v) is 7.28. The van der Waals surface area contributed by atoms with Gasteiger partial charge in [0.15, 0.2) is 0 Å². The smallest absolute Gasteiger partial charge is 0.422 e. The Morgan fingerprint density at radius 2 is 2.10 bits per heavy atom. The monoisotopic (exact) mass is 305 g/mol. The first-order chi connectivity index (χ1) is 9.38. The van der Waals surface area contributed by atoms with E-state index in [1.165, 1.54) is 4.31 Å². The fourth-order valence-corrected chi connectivity index (χ4v) is 3.69. The molecule has 20 heavy (non-hydrogen) atoms. The zero-order valence-electron chi connectivity index (χ0n) is 12.0. The lowest BCUT2D eigenvalue weighted by molar-refractivity contribution is 0.121. The summed E-state index contributed by atoms with van der Waals surface area (Å²) in [7, 11) is -3.82. The van der Waals surface area contributed by atoms with Crippen molar-refractivity contribution in [2.45, 2.75) is 57.7 Å². The maximum Gasteiger partial charge on any atom is 0.422 e. The molecule has 2 N–H and O–H groups in total. The van der Waals surface area contributed by atoms with Gasteiger partial charge in [-0.1, -0.05) is 0 Å². The van der Waals surface area contributed by atoms with Crippen LogP contribution in [-0.4, -0.2) is 50.1 Å². The lowest BCUT2D eigenvalue weighted by atomic mass is 10.2. The van der Waals surface area contributed by atoms with Crippen LogP contribution in [0, 0.1) is 0 Å². The second kappa shape index (κ2) is 6.28. The fourth-order valence-electron chi connectivity index (χ4n) is 2.34. The minimum atomic E-state index is -3.82. The molecule has 7 nitrogen and oxygen atoms in total. The van der Waals surface area contributed by atoms with Crippen molar-refractivity contribution in [3.05, 3.63) is 0 Å². The maximum atomic E-state index is 12.3. The lowest BCUT2D eigenvalue weighted by Crippen LogP contribution is -2.49. The summed E-state index contributed by atoms with van der Waals surface area (Å²) in [6.45, 7) is 4.68. The van der Waals surface area contributed by atoms with Gasteiger partial charge in [-0.05, 0) is 46.1 Å². The number of rotatable bonds is 6. The molecule has 0 aromatic rings. The van der Waals surface area contributed by atoms with E-state index in [-0.39, 0.29) is 18.2 Å². The summed E-state index contributed by atoms with van der Waals surface area (Å²) in [6.07, 6.45) is 2.47. The van der Waals surface area contributed by atoms with Crippen molar-refractivity contribution in [2.75, 3.05) is 13.1 Å². The van der Waals surface area contributed by atoms with Crippen molar-refractivity contribution in [3.63, 3.8) is 0 Å². The number of nitrogens with one attached hydrogen (secondary N) is 2. The normalized spacial score (nSPS) is 23.3. The number of hydrogen-bond donors (Lipinski definition) is 2. The van der Waals surface area contributed by atoms with E-state index in [1.807, 2.05) is 4.72 Å². The molecular formula is C12H23N3O4S. The van der Waals surface area contributed by atoms with Crippen LogP contribution in [0.15, 0.2) is 0 Å². The third-order valence-corrected chi connectivity index (χ3v) is 4.87. The summed E-state index contributed by atoms with van der Waals surface area (Å²) >= 11 is 0. The van der Waals surface area contributed by atoms with Gasteiger partial charge in [-0.2, -0.15) is 12.7 Å². The van der Waals surface area contributed by atoms with Gasteiger partial charge in [-0.3, -0.25) is 0 Å². The van der Waals surface area contributed by atoms with Crippen molar-refractivity contribution in [1.82, 2.24) is 14.3 Å². The fraction of sp³-hybridized carbons (Fsp3) is 0.917. The van der Waals surface area contributed by atoms with Gasteiger partial charge in [0.2, 0.25) is 0 Å². The Morgan fingerprint density at radius 1 is 1.40 bits per heavy atom. The molecule has 2 fully saturated rings. The molecule has 116 valence electrons. The number of amides is 1. The number of carbonyl (C=O) groups is 1. The van der Waals surface area contributed by atoms with Gasteiger partial charge in [0.25, 0.3) is 0 Å². The highest BCUT2D eigenvalue weighted by atomic mass is 32.2. The van der Waals surface area contributed by atoms with Crippen LogP contribution in [0.3, 0.4) is 0 Å². The van der Waals surface area contributed by atoms with Gasteiger partial charge in [0.05, 0.1) is 6.10 Å². The van der Waals surface area contributed by atoms with Crippen LogP contribution < -0.4 is 10.0 Å². The number of ether oxygens (including phenoxy) is 1. The molecule has 1 saturated carbocycles. The first-order valence-corrected chi connectivity index (χ1v) is 8.56. The summed E-state index contributed by atoms with van der Waals surface area (Å²) in [5, 5.41) is 3.28. The van der Waals surface area contributed by atoms with E-state index in [1.54, 1.807) is 13.8 Å². The van der Waals surface area contributed by atoms with Gasteiger partial charge in [-0.25, -0.2) is 9.52 Å². The van der Waals surface area contributed by atoms with Gasteiger partial charge in [0, 0.05) is 18.6 Å². The predicted octanol–water partition coefficient (Wildman–Crippen LogP) is 0.582. The Bertz CT molecular complexity index is 442. The van der Waals surface area contributed by atoms with Crippen molar-refractivity contribution in [3.8, 4) is 0 Å². The Kier molecular flexibility index (Phi) is 4.87. The van der Waals surface area contributed by atoms with Crippen LogP contribution in [0.1, 0.15) is 39.5 Å². The number of hydrogen-bond acceptors (Lipinski definition) is 5. The summed E-state index contributed by atoms with van der Waals surface area (Å²) in [6, 6.07) is 0.190. The largest absolute Gasteiger partial charge is 0.446 e. The Hall–Kier alpha value is -0.860. The topological polar surface area (TPSA) is 87.7 Å². The van der Waals surface area contributed by atoms with Gasteiger partial charge in [0.1, 0.15) is 0 Å². The van der Waals surface area contributed by atoms with E-state index in [2.05, 4.69) is 5.32 Å². The van der Waals surface area contributed by atoms with Crippen molar-refractivity contribution < 1.29 is 17.9 Å². The summed E-state index contributed by atoms with van der Waals surface area (Å²) in [5.41, 5.74) is 0. The Morgan fingerprint density at radius 3 is 2.60 bits per heavy atom. The van der Waals surface area contributed by atoms with Crippen molar-refractivity contribution >= 4 is 16.3 Å². The standard InChI is InChI=1S/C12H23N3O4S/c1-9(2)19-12(16)14-20(17,18)15(11-5-6-11)8-10-4-3-7-13-10/h9-11,13H,3-8H2,1-2H3,(H,14,16). The molecule has 0 bridgehead atoms. The molecule has 2 aliphatic rings. The minimum absolute atomic E-state index is 0.0155.